The Labute approximate surface area is 491 Å². The quantitative estimate of drug-likeness (QED) is 0.162. The Morgan fingerprint density at radius 3 is 1.81 bits per heavy atom. The van der Waals surface area contributed by atoms with Gasteiger partial charge in [0.2, 0.25) is 0 Å². The SMILES string of the molecule is CC(C)(C)c1ccc(-c2cc(C(C)(C)C)ccc2N2c3ccc(C(C)(C)C)cc3B3c4sc5ccc(C(C)(C)C)cc5c4N(c4ccc5c(c4)C(C)(C)CCC5(C)C)c4cc([C@@]56CC7C8CC9C[C@@H]7C7[C@@H](C9)C(C5)C87C6)cc2c43)cc1. The highest BCUT2D eigenvalue weighted by molar-refractivity contribution is 7.33. The minimum absolute atomic E-state index is 0.00634. The molecule has 4 heteroatoms. The highest BCUT2D eigenvalue weighted by atomic mass is 32.1. The summed E-state index contributed by atoms with van der Waals surface area (Å²) in [5, 5.41) is 1.41. The van der Waals surface area contributed by atoms with E-state index in [0.29, 0.717) is 5.41 Å². The maximum Gasteiger partial charge on any atom is 0.264 e. The van der Waals surface area contributed by atoms with E-state index in [1.54, 1.807) is 5.56 Å². The molecule has 7 aromatic rings. The van der Waals surface area contributed by atoms with E-state index in [4.69, 9.17) is 0 Å². The van der Waals surface area contributed by atoms with E-state index in [1.807, 2.05) is 0 Å². The van der Waals surface area contributed by atoms with Gasteiger partial charge in [-0.3, -0.25) is 0 Å². The zero-order valence-corrected chi connectivity index (χ0v) is 52.8. The predicted octanol–water partition coefficient (Wildman–Crippen LogP) is 19.1. The average Bonchev–Trinajstić information content (AvgIpc) is 2.12. The van der Waals surface area contributed by atoms with Crippen LogP contribution in [0.2, 0.25) is 0 Å². The van der Waals surface area contributed by atoms with E-state index < -0.39 is 0 Å². The van der Waals surface area contributed by atoms with E-state index >= 15 is 0 Å². The number of rotatable bonds is 4. The molecule has 0 radical (unpaired) electrons. The molecular weight excluding hydrogens is 996 g/mol. The molecule has 1 aromatic heterocycles. The summed E-state index contributed by atoms with van der Waals surface area (Å²) < 4.78 is 2.89. The lowest BCUT2D eigenvalue weighted by molar-refractivity contribution is -0.120. The summed E-state index contributed by atoms with van der Waals surface area (Å²) in [7, 11) is 0. The summed E-state index contributed by atoms with van der Waals surface area (Å²) >= 11 is 2.08. The summed E-state index contributed by atoms with van der Waals surface area (Å²) in [6.07, 6.45) is 11.2. The van der Waals surface area contributed by atoms with Crippen LogP contribution in [0, 0.1) is 46.8 Å². The van der Waals surface area contributed by atoms with Gasteiger partial charge in [-0.2, -0.15) is 0 Å². The van der Waals surface area contributed by atoms with Crippen LogP contribution < -0.4 is 25.5 Å². The Bertz CT molecular complexity index is 3850. The molecule has 0 amide bonds. The minimum atomic E-state index is -0.0342. The minimum Gasteiger partial charge on any atom is -0.311 e. The molecule has 3 heterocycles. The molecule has 6 saturated carbocycles. The zero-order valence-electron chi connectivity index (χ0n) is 52.0. The van der Waals surface area contributed by atoms with Gasteiger partial charge < -0.3 is 9.80 Å². The van der Waals surface area contributed by atoms with Crippen LogP contribution in [0.25, 0.3) is 21.2 Å². The lowest BCUT2D eigenvalue weighted by atomic mass is 9.35. The molecule has 0 saturated heterocycles. The molecular formula is C77H89BN2S. The van der Waals surface area contributed by atoms with Crippen molar-refractivity contribution >= 4 is 78.0 Å². The second kappa shape index (κ2) is 16.0. The highest BCUT2D eigenvalue weighted by Crippen LogP contribution is 2.89. The summed E-state index contributed by atoms with van der Waals surface area (Å²) in [6.45, 7) is 38.8. The molecule has 16 rings (SSSR count). The van der Waals surface area contributed by atoms with Crippen molar-refractivity contribution < 1.29 is 0 Å². The lowest BCUT2D eigenvalue weighted by Gasteiger charge is -2.59. The van der Waals surface area contributed by atoms with Crippen LogP contribution in [0.3, 0.4) is 0 Å². The van der Waals surface area contributed by atoms with Gasteiger partial charge in [0.15, 0.2) is 0 Å². The molecule has 6 unspecified atom stereocenters. The Kier molecular flexibility index (Phi) is 10.2. The molecule has 416 valence electrons. The number of anilines is 6. The number of fused-ring (bicyclic) bond motifs is 10. The molecule has 2 nitrogen and oxygen atoms in total. The second-order valence-corrected chi connectivity index (χ2v) is 35.0. The fourth-order valence-corrected chi connectivity index (χ4v) is 21.7. The molecule has 6 aromatic carbocycles. The predicted molar refractivity (Wildman–Crippen MR) is 348 cm³/mol. The van der Waals surface area contributed by atoms with E-state index in [-0.39, 0.29) is 44.6 Å². The standard InChI is InChI=1S/C77H89BN2S/c1-70(2,3)45-19-17-44(18-20-45)51-34-46(71(4,5)6)21-26-61(51)80-62-27-22-48(73(10,11)12)36-60(62)78-67-63(37-49(38-64(67)80)76-40-55-52-31-43-32-53-59(41-76)77(42-76,66(52)53)57(55)33-43)79(50-24-25-56-58(39-50)75(15,16)30-29-74(56,13)14)68-54-35-47(72(7,8)9)23-28-65(54)81-69(68)78/h17-28,34-39,43,52-53,55,57,59,66H,29-33,40-42H2,1-16H3/t43?,52-,53-,55?,57?,59?,66?,76-,77?/m0/s1. The maximum absolute atomic E-state index is 2.88. The number of nitrogens with zero attached hydrogens (tertiary/aromatic N) is 2. The Morgan fingerprint density at radius 1 is 0.519 bits per heavy atom. The third-order valence-corrected chi connectivity index (χ3v) is 25.7. The molecule has 2 aliphatic heterocycles. The third kappa shape index (κ3) is 6.93. The molecule has 9 atom stereocenters. The Balaban J connectivity index is 1.03. The van der Waals surface area contributed by atoms with Gasteiger partial charge in [0.25, 0.3) is 6.71 Å². The van der Waals surface area contributed by atoms with Gasteiger partial charge in [0.1, 0.15) is 0 Å². The van der Waals surface area contributed by atoms with Crippen molar-refractivity contribution in [3.63, 3.8) is 0 Å². The van der Waals surface area contributed by atoms with Gasteiger partial charge in [0.05, 0.1) is 11.4 Å². The molecule has 0 N–H and O–H groups in total. The van der Waals surface area contributed by atoms with Gasteiger partial charge in [0, 0.05) is 43.2 Å². The molecule has 1 spiro atoms. The van der Waals surface area contributed by atoms with Crippen LogP contribution in [-0.2, 0) is 37.9 Å². The van der Waals surface area contributed by atoms with Crippen molar-refractivity contribution in [3.8, 4) is 11.1 Å². The van der Waals surface area contributed by atoms with E-state index in [2.05, 4.69) is 241 Å². The number of thiophene rings is 1. The van der Waals surface area contributed by atoms with Crippen molar-refractivity contribution in [2.24, 2.45) is 46.8 Å². The van der Waals surface area contributed by atoms with Crippen LogP contribution in [0.4, 0.5) is 34.1 Å². The largest absolute Gasteiger partial charge is 0.311 e. The second-order valence-electron chi connectivity index (χ2n) is 33.9. The third-order valence-electron chi connectivity index (χ3n) is 24.5. The zero-order chi connectivity index (χ0) is 56.4. The maximum atomic E-state index is 2.88. The first-order chi connectivity index (χ1) is 38.1. The fourth-order valence-electron chi connectivity index (χ4n) is 20.4. The monoisotopic (exact) mass is 1080 g/mol. The average molecular weight is 1090 g/mol. The molecule has 9 aliphatic rings. The van der Waals surface area contributed by atoms with E-state index in [9.17, 15) is 0 Å². The van der Waals surface area contributed by atoms with Crippen LogP contribution in [0.15, 0.2) is 109 Å². The van der Waals surface area contributed by atoms with E-state index in [1.165, 1.54) is 156 Å². The first-order valence-electron chi connectivity index (χ1n) is 32.0. The summed E-state index contributed by atoms with van der Waals surface area (Å²) in [4.78, 5) is 5.71. The Morgan fingerprint density at radius 2 is 1.12 bits per heavy atom. The van der Waals surface area contributed by atoms with Crippen molar-refractivity contribution in [2.75, 3.05) is 9.80 Å². The lowest BCUT2D eigenvalue weighted by Crippen LogP contribution is -2.61. The van der Waals surface area contributed by atoms with Gasteiger partial charge >= 0.3 is 0 Å². The van der Waals surface area contributed by atoms with Crippen LogP contribution >= 0.6 is 11.3 Å². The first-order valence-corrected chi connectivity index (χ1v) is 32.8. The van der Waals surface area contributed by atoms with E-state index in [0.717, 1.165) is 41.4 Å². The molecule has 6 fully saturated rings. The summed E-state index contributed by atoms with van der Waals surface area (Å²) in [5.41, 5.74) is 25.0. The molecule has 6 bridgehead atoms. The number of hydrogen-bond donors (Lipinski definition) is 0. The van der Waals surface area contributed by atoms with Crippen LogP contribution in [0.1, 0.15) is 201 Å². The first kappa shape index (κ1) is 51.6. The van der Waals surface area contributed by atoms with Crippen molar-refractivity contribution in [2.45, 2.75) is 200 Å². The van der Waals surface area contributed by atoms with Gasteiger partial charge in [-0.1, -0.05) is 165 Å². The normalized spacial score (nSPS) is 29.4. The van der Waals surface area contributed by atoms with Crippen LogP contribution in [-0.4, -0.2) is 6.71 Å². The smallest absolute Gasteiger partial charge is 0.264 e. The van der Waals surface area contributed by atoms with Gasteiger partial charge in [-0.25, -0.2) is 0 Å². The topological polar surface area (TPSA) is 6.48 Å². The fraction of sp³-hybridized carbons (Fsp3) is 0.506. The van der Waals surface area contributed by atoms with Gasteiger partial charge in [-0.15, -0.1) is 11.3 Å². The number of benzene rings is 6. The van der Waals surface area contributed by atoms with Gasteiger partial charge in [-0.05, 0) is 246 Å². The van der Waals surface area contributed by atoms with Crippen molar-refractivity contribution in [1.29, 1.82) is 0 Å². The molecule has 81 heavy (non-hydrogen) atoms. The Hall–Kier alpha value is -5.06. The molecule has 7 aliphatic carbocycles. The highest BCUT2D eigenvalue weighted by Gasteiger charge is 2.83. The number of hydrogen-bond acceptors (Lipinski definition) is 3. The summed E-state index contributed by atoms with van der Waals surface area (Å²) in [5.74, 6) is 6.70. The summed E-state index contributed by atoms with van der Waals surface area (Å²) in [6, 6.07) is 46.1. The van der Waals surface area contributed by atoms with Crippen molar-refractivity contribution in [3.05, 3.63) is 148 Å². The van der Waals surface area contributed by atoms with Crippen molar-refractivity contribution in [1.82, 2.24) is 0 Å². The van der Waals surface area contributed by atoms with Crippen LogP contribution in [0.5, 0.6) is 0 Å².